The highest BCUT2D eigenvalue weighted by Crippen LogP contribution is 2.67. The fraction of sp³-hybridized carbons (Fsp3) is 0.658. The summed E-state index contributed by atoms with van der Waals surface area (Å²) in [6.07, 6.45) is 71.8. The summed E-state index contributed by atoms with van der Waals surface area (Å²) in [5, 5.41) is 0. The number of likely N-dealkylation sites (tertiary alicyclic amines) is 1. The van der Waals surface area contributed by atoms with Crippen LogP contribution in [0.2, 0.25) is 0 Å². The number of fused-ring (bicyclic) bond motifs is 7. The maximum atomic E-state index is 6.81. The van der Waals surface area contributed by atoms with Gasteiger partial charge < -0.3 is 9.64 Å². The van der Waals surface area contributed by atoms with Gasteiger partial charge in [0, 0.05) is 65.5 Å². The van der Waals surface area contributed by atoms with E-state index in [0.717, 1.165) is 42.6 Å². The summed E-state index contributed by atoms with van der Waals surface area (Å²) >= 11 is 0. The Hall–Kier alpha value is -3.82. The Labute approximate surface area is 479 Å². The van der Waals surface area contributed by atoms with Crippen LogP contribution in [0.1, 0.15) is 225 Å². The van der Waals surface area contributed by atoms with Crippen molar-refractivity contribution in [2.75, 3.05) is 0 Å². The maximum Gasteiger partial charge on any atom is 0.102 e. The number of allylic oxidation sites excluding steroid dienone is 14. The van der Waals surface area contributed by atoms with Crippen LogP contribution in [-0.2, 0) is 10.2 Å². The molecule has 79 heavy (non-hydrogen) atoms. The molecule has 1 aromatic carbocycles. The lowest BCUT2D eigenvalue weighted by Crippen LogP contribution is -2.48. The maximum absolute atomic E-state index is 6.81. The molecule has 3 heteroatoms. The standard InChI is InChI=1S/C76H100N2O/c1-51-47-57(38-43-62(51)52-35-46-74-68(48-52)67-31-17-20-34-73(67)78(74)56-25-11-5-12-26-56)77(59-40-45-66-64-30-16-19-33-70(64)76(72(66)50-59,54-21-7-3-8-22-54)55-23-9-4-10-24-55)58-39-44-65-63-29-15-18-32-69(63)75(2,71(65)49-58)53-36-41-61(42-37-53)79-60-27-13-6-14-28-60/h3-4,7-9,11,21-23,25,27,35-36,46-48,51,56,58-59,61-64,67-70,73-74H,5-6,10,12-20,24,26,28-34,37-45,49-50H2,1-2H3. The van der Waals surface area contributed by atoms with E-state index in [0.29, 0.717) is 53.9 Å². The van der Waals surface area contributed by atoms with Crippen molar-refractivity contribution in [2.45, 2.75) is 261 Å². The largest absolute Gasteiger partial charge is 0.495 e. The molecule has 16 atom stereocenters. The molecule has 3 saturated carbocycles. The van der Waals surface area contributed by atoms with Gasteiger partial charge in [0.2, 0.25) is 0 Å². The van der Waals surface area contributed by atoms with E-state index in [1.807, 2.05) is 27.9 Å². The molecule has 14 aliphatic rings. The molecule has 16 unspecified atom stereocenters. The third kappa shape index (κ3) is 8.83. The zero-order valence-corrected chi connectivity index (χ0v) is 49.3. The highest BCUT2D eigenvalue weighted by molar-refractivity contribution is 5.57. The van der Waals surface area contributed by atoms with E-state index in [9.17, 15) is 0 Å². The number of nitrogens with zero attached hydrogens (tertiary/aromatic N) is 2. The molecule has 13 aliphatic carbocycles. The van der Waals surface area contributed by atoms with Crippen molar-refractivity contribution in [3.05, 3.63) is 153 Å². The number of rotatable bonds is 10. The van der Waals surface area contributed by atoms with Crippen molar-refractivity contribution < 1.29 is 4.74 Å². The number of benzene rings is 1. The van der Waals surface area contributed by atoms with E-state index in [1.165, 1.54) is 198 Å². The molecule has 1 saturated heterocycles. The van der Waals surface area contributed by atoms with E-state index in [2.05, 4.69) is 121 Å². The molecule has 15 rings (SSSR count). The predicted molar refractivity (Wildman–Crippen MR) is 327 cm³/mol. The zero-order valence-electron chi connectivity index (χ0n) is 49.3. The van der Waals surface area contributed by atoms with E-state index in [-0.39, 0.29) is 10.8 Å². The second-order valence-electron chi connectivity index (χ2n) is 29.0. The minimum Gasteiger partial charge on any atom is -0.495 e. The van der Waals surface area contributed by atoms with Crippen molar-refractivity contribution in [1.29, 1.82) is 0 Å². The minimum atomic E-state index is 0.0404. The van der Waals surface area contributed by atoms with E-state index in [4.69, 9.17) is 4.74 Å². The molecule has 420 valence electrons. The van der Waals surface area contributed by atoms with Gasteiger partial charge in [-0.05, 0) is 213 Å². The normalized spacial score (nSPS) is 41.9. The SMILES string of the molecule is CC1C=C(N(C2CCC3=C(C2)C(C)(C2=CCC(OC4=CCCCC4)CC2)C2CCCCC32)C2CCC3=C(C2)C(C2=CC=CCC2)(c2ccccc2)C2CCCCC32)CCC1C1=CC2C3CCCCC3N(C3C=CCCC3)C2C=C1. The third-order valence-electron chi connectivity index (χ3n) is 25.6. The minimum absolute atomic E-state index is 0.0404. The van der Waals surface area contributed by atoms with Crippen molar-refractivity contribution in [3.63, 3.8) is 0 Å². The molecular weight excluding hydrogens is 957 g/mol. The van der Waals surface area contributed by atoms with Crippen LogP contribution in [0.3, 0.4) is 0 Å². The summed E-state index contributed by atoms with van der Waals surface area (Å²) in [4.78, 5) is 6.33. The number of ether oxygens (including phenoxy) is 1. The second kappa shape index (κ2) is 21.7. The average Bonchev–Trinajstić information content (AvgIpc) is 3.79. The fourth-order valence-electron chi connectivity index (χ4n) is 22.3. The summed E-state index contributed by atoms with van der Waals surface area (Å²) in [6.45, 7) is 5.47. The van der Waals surface area contributed by atoms with Gasteiger partial charge >= 0.3 is 0 Å². The molecule has 1 heterocycles. The Morgan fingerprint density at radius 2 is 1.39 bits per heavy atom. The van der Waals surface area contributed by atoms with E-state index < -0.39 is 0 Å². The molecule has 0 bridgehead atoms. The average molecular weight is 1060 g/mol. The summed E-state index contributed by atoms with van der Waals surface area (Å²) < 4.78 is 6.81. The monoisotopic (exact) mass is 1060 g/mol. The summed E-state index contributed by atoms with van der Waals surface area (Å²) in [6, 6.07) is 15.3. The summed E-state index contributed by atoms with van der Waals surface area (Å²) in [7, 11) is 0. The molecule has 1 aliphatic heterocycles. The van der Waals surface area contributed by atoms with Gasteiger partial charge in [-0.15, -0.1) is 0 Å². The molecule has 3 nitrogen and oxygen atoms in total. The smallest absolute Gasteiger partial charge is 0.102 e. The van der Waals surface area contributed by atoms with Crippen LogP contribution in [0.25, 0.3) is 0 Å². The second-order valence-corrected chi connectivity index (χ2v) is 29.0. The molecule has 0 N–H and O–H groups in total. The van der Waals surface area contributed by atoms with Gasteiger partial charge in [0.1, 0.15) is 6.10 Å². The molecule has 0 aromatic heterocycles. The fourth-order valence-corrected chi connectivity index (χ4v) is 22.3. The topological polar surface area (TPSA) is 15.7 Å². The van der Waals surface area contributed by atoms with Crippen LogP contribution < -0.4 is 0 Å². The third-order valence-corrected chi connectivity index (χ3v) is 25.6. The van der Waals surface area contributed by atoms with Gasteiger partial charge in [-0.2, -0.15) is 0 Å². The molecule has 1 aromatic rings. The zero-order chi connectivity index (χ0) is 52.7. The Morgan fingerprint density at radius 3 is 2.15 bits per heavy atom. The molecule has 0 spiro atoms. The number of hydrogen-bond acceptors (Lipinski definition) is 3. The van der Waals surface area contributed by atoms with Crippen molar-refractivity contribution >= 4 is 0 Å². The summed E-state index contributed by atoms with van der Waals surface area (Å²) in [5.41, 5.74) is 16.6. The van der Waals surface area contributed by atoms with Crippen LogP contribution in [-0.4, -0.2) is 46.1 Å². The van der Waals surface area contributed by atoms with Crippen LogP contribution in [0.15, 0.2) is 148 Å². The van der Waals surface area contributed by atoms with Gasteiger partial charge in [0.15, 0.2) is 0 Å². The number of hydrogen-bond donors (Lipinski definition) is 0. The molecule has 0 amide bonds. The first kappa shape index (κ1) is 52.0. The van der Waals surface area contributed by atoms with Crippen LogP contribution >= 0.6 is 0 Å². The van der Waals surface area contributed by atoms with Crippen LogP contribution in [0, 0.1) is 52.8 Å². The lowest BCUT2D eigenvalue weighted by Gasteiger charge is -2.50. The highest BCUT2D eigenvalue weighted by Gasteiger charge is 2.59. The highest BCUT2D eigenvalue weighted by atomic mass is 16.5. The van der Waals surface area contributed by atoms with Gasteiger partial charge in [0.25, 0.3) is 0 Å². The molecule has 4 fully saturated rings. The first-order chi connectivity index (χ1) is 39.0. The Kier molecular flexibility index (Phi) is 14.3. The molecular formula is C76H100N2O. The summed E-state index contributed by atoms with van der Waals surface area (Å²) in [5.74, 6) is 7.03. The van der Waals surface area contributed by atoms with Crippen molar-refractivity contribution in [1.82, 2.24) is 9.80 Å². The quantitative estimate of drug-likeness (QED) is 0.217. The Bertz CT molecular complexity index is 2790. The Morgan fingerprint density at radius 1 is 0.608 bits per heavy atom. The van der Waals surface area contributed by atoms with Crippen LogP contribution in [0.4, 0.5) is 0 Å². The van der Waals surface area contributed by atoms with Crippen LogP contribution in [0.5, 0.6) is 0 Å². The first-order valence-corrected chi connectivity index (χ1v) is 34.2. The van der Waals surface area contributed by atoms with E-state index >= 15 is 0 Å². The lowest BCUT2D eigenvalue weighted by molar-refractivity contribution is 0.0900. The van der Waals surface area contributed by atoms with Gasteiger partial charge in [-0.25, -0.2) is 0 Å². The lowest BCUT2D eigenvalue weighted by atomic mass is 9.57. The molecule has 0 radical (unpaired) electrons. The van der Waals surface area contributed by atoms with Gasteiger partial charge in [-0.1, -0.05) is 177 Å². The van der Waals surface area contributed by atoms with Crippen molar-refractivity contribution in [3.8, 4) is 0 Å². The van der Waals surface area contributed by atoms with Gasteiger partial charge in [-0.3, -0.25) is 4.90 Å². The van der Waals surface area contributed by atoms with E-state index in [1.54, 1.807) is 22.4 Å². The van der Waals surface area contributed by atoms with Crippen molar-refractivity contribution in [2.24, 2.45) is 52.8 Å². The first-order valence-electron chi connectivity index (χ1n) is 34.2. The Balaban J connectivity index is 0.785. The predicted octanol–water partition coefficient (Wildman–Crippen LogP) is 19.2. The van der Waals surface area contributed by atoms with Gasteiger partial charge in [0.05, 0.1) is 5.76 Å².